The predicted octanol–water partition coefficient (Wildman–Crippen LogP) is 3.95. The molecule has 1 fully saturated rings. The normalized spacial score (nSPS) is 17.9. The number of ether oxygens (including phenoxy) is 3. The number of benzene rings is 2. The number of amides is 1. The summed E-state index contributed by atoms with van der Waals surface area (Å²) in [4.78, 5) is 27.5. The van der Waals surface area contributed by atoms with Gasteiger partial charge in [-0.05, 0) is 36.6 Å². The molecule has 3 heterocycles. The minimum atomic E-state index is -0.404. The van der Waals surface area contributed by atoms with Crippen molar-refractivity contribution in [2.24, 2.45) is 0 Å². The fourth-order valence-corrected chi connectivity index (χ4v) is 4.69. The number of hydrogen-bond acceptors (Lipinski definition) is 5. The molecule has 2 aromatic carbocycles. The van der Waals surface area contributed by atoms with Crippen molar-refractivity contribution in [1.29, 1.82) is 0 Å². The van der Waals surface area contributed by atoms with Crippen molar-refractivity contribution >= 4 is 22.8 Å². The summed E-state index contributed by atoms with van der Waals surface area (Å²) in [7, 11) is 1.36. The molecule has 0 spiro atoms. The van der Waals surface area contributed by atoms with Crippen LogP contribution in [0.15, 0.2) is 48.7 Å². The van der Waals surface area contributed by atoms with Gasteiger partial charge in [0, 0.05) is 30.1 Å². The SMILES string of the molecule is COC(=O)c1cn(CC(=O)N2CCC[C@H]2c2ccc3c(c2)OCCCO3)c2ccccc12. The molecule has 2 aliphatic rings. The number of methoxy groups -OCH3 is 1. The first-order valence-corrected chi connectivity index (χ1v) is 11.0. The van der Waals surface area contributed by atoms with Gasteiger partial charge in [0.1, 0.15) is 6.54 Å². The smallest absolute Gasteiger partial charge is 0.340 e. The number of nitrogens with zero attached hydrogens (tertiary/aromatic N) is 2. The van der Waals surface area contributed by atoms with Crippen LogP contribution in [0, 0.1) is 0 Å². The zero-order valence-corrected chi connectivity index (χ0v) is 18.1. The summed E-state index contributed by atoms with van der Waals surface area (Å²) < 4.78 is 18.4. The molecule has 0 saturated carbocycles. The Balaban J connectivity index is 1.40. The fraction of sp³-hybridized carbons (Fsp3) is 0.360. The number of esters is 1. The zero-order chi connectivity index (χ0) is 22.1. The van der Waals surface area contributed by atoms with E-state index in [4.69, 9.17) is 14.2 Å². The lowest BCUT2D eigenvalue weighted by Crippen LogP contribution is -2.33. The van der Waals surface area contributed by atoms with E-state index in [1.54, 1.807) is 6.20 Å². The Morgan fingerprint density at radius 1 is 1.06 bits per heavy atom. The molecule has 1 aromatic heterocycles. The van der Waals surface area contributed by atoms with Gasteiger partial charge in [-0.3, -0.25) is 4.79 Å². The highest BCUT2D eigenvalue weighted by Crippen LogP contribution is 2.38. The highest BCUT2D eigenvalue weighted by atomic mass is 16.5. The van der Waals surface area contributed by atoms with Gasteiger partial charge in [-0.2, -0.15) is 0 Å². The van der Waals surface area contributed by atoms with E-state index in [1.807, 2.05) is 51.9 Å². The van der Waals surface area contributed by atoms with Crippen LogP contribution in [0.2, 0.25) is 0 Å². The third-order valence-electron chi connectivity index (χ3n) is 6.23. The van der Waals surface area contributed by atoms with E-state index in [0.717, 1.165) is 47.2 Å². The van der Waals surface area contributed by atoms with Gasteiger partial charge < -0.3 is 23.7 Å². The minimum absolute atomic E-state index is 0.00144. The molecule has 0 aliphatic carbocycles. The minimum Gasteiger partial charge on any atom is -0.490 e. The van der Waals surface area contributed by atoms with Crippen molar-refractivity contribution < 1.29 is 23.8 Å². The Kier molecular flexibility index (Phi) is 5.47. The number of likely N-dealkylation sites (tertiary alicyclic amines) is 1. The highest BCUT2D eigenvalue weighted by Gasteiger charge is 2.31. The summed E-state index contributed by atoms with van der Waals surface area (Å²) in [6, 6.07) is 13.6. The molecule has 5 rings (SSSR count). The Bertz CT molecular complexity index is 1170. The molecule has 7 nitrogen and oxygen atoms in total. The van der Waals surface area contributed by atoms with Gasteiger partial charge in [-0.25, -0.2) is 4.79 Å². The number of hydrogen-bond donors (Lipinski definition) is 0. The third-order valence-corrected chi connectivity index (χ3v) is 6.23. The first-order chi connectivity index (χ1) is 15.7. The number of aromatic nitrogens is 1. The van der Waals surface area contributed by atoms with E-state index in [-0.39, 0.29) is 18.5 Å². The van der Waals surface area contributed by atoms with Gasteiger partial charge in [-0.1, -0.05) is 24.3 Å². The predicted molar refractivity (Wildman–Crippen MR) is 119 cm³/mol. The van der Waals surface area contributed by atoms with Gasteiger partial charge in [-0.15, -0.1) is 0 Å². The van der Waals surface area contributed by atoms with Crippen LogP contribution >= 0.6 is 0 Å². The summed E-state index contributed by atoms with van der Waals surface area (Å²) >= 11 is 0. The van der Waals surface area contributed by atoms with Crippen LogP contribution in [-0.2, 0) is 16.1 Å². The van der Waals surface area contributed by atoms with Crippen molar-refractivity contribution in [1.82, 2.24) is 9.47 Å². The first-order valence-electron chi connectivity index (χ1n) is 11.0. The number of carbonyl (C=O) groups excluding carboxylic acids is 2. The summed E-state index contributed by atoms with van der Waals surface area (Å²) in [5.41, 5.74) is 2.37. The highest BCUT2D eigenvalue weighted by molar-refractivity contribution is 6.04. The van der Waals surface area contributed by atoms with Crippen LogP contribution in [0.1, 0.15) is 41.2 Å². The van der Waals surface area contributed by atoms with Crippen molar-refractivity contribution in [2.75, 3.05) is 26.9 Å². The summed E-state index contributed by atoms with van der Waals surface area (Å²) in [6.45, 7) is 2.16. The standard InChI is InChI=1S/C25H26N2O5/c1-30-25(29)19-15-26(21-7-3-2-6-18(19)21)16-24(28)27-11-4-8-20(27)17-9-10-22-23(14-17)32-13-5-12-31-22/h2-3,6-7,9-10,14-15,20H,4-5,8,11-13,16H2,1H3/t20-/m0/s1. The second-order valence-corrected chi connectivity index (χ2v) is 8.18. The average Bonchev–Trinajstić information content (AvgIpc) is 3.37. The molecule has 2 aliphatic heterocycles. The van der Waals surface area contributed by atoms with Gasteiger partial charge in [0.2, 0.25) is 5.91 Å². The van der Waals surface area contributed by atoms with Crippen molar-refractivity contribution in [3.63, 3.8) is 0 Å². The monoisotopic (exact) mass is 434 g/mol. The van der Waals surface area contributed by atoms with Crippen molar-refractivity contribution in [2.45, 2.75) is 31.8 Å². The second kappa shape index (κ2) is 8.57. The van der Waals surface area contributed by atoms with Crippen molar-refractivity contribution in [3.05, 3.63) is 59.8 Å². The van der Waals surface area contributed by atoms with E-state index in [1.165, 1.54) is 7.11 Å². The molecular formula is C25H26N2O5. The Hall–Kier alpha value is -3.48. The van der Waals surface area contributed by atoms with Crippen LogP contribution in [0.4, 0.5) is 0 Å². The first kappa shape index (κ1) is 20.4. The molecule has 166 valence electrons. The van der Waals surface area contributed by atoms with Crippen molar-refractivity contribution in [3.8, 4) is 11.5 Å². The summed E-state index contributed by atoms with van der Waals surface area (Å²) in [5, 5.41) is 0.785. The maximum Gasteiger partial charge on any atom is 0.340 e. The molecule has 32 heavy (non-hydrogen) atoms. The van der Waals surface area contributed by atoms with E-state index in [9.17, 15) is 9.59 Å². The summed E-state index contributed by atoms with van der Waals surface area (Å²) in [5.74, 6) is 1.13. The molecule has 0 radical (unpaired) electrons. The topological polar surface area (TPSA) is 70.0 Å². The fourth-order valence-electron chi connectivity index (χ4n) is 4.69. The molecule has 3 aromatic rings. The van der Waals surface area contributed by atoms with E-state index >= 15 is 0 Å². The van der Waals surface area contributed by atoms with E-state index < -0.39 is 5.97 Å². The Labute approximate surface area is 186 Å². The molecule has 1 atom stereocenters. The number of rotatable bonds is 4. The molecule has 0 unspecified atom stereocenters. The number of fused-ring (bicyclic) bond motifs is 2. The van der Waals surface area contributed by atoms with Gasteiger partial charge >= 0.3 is 5.97 Å². The van der Waals surface area contributed by atoms with Crippen LogP contribution < -0.4 is 9.47 Å². The third kappa shape index (κ3) is 3.68. The molecule has 7 heteroatoms. The van der Waals surface area contributed by atoms with Gasteiger partial charge in [0.05, 0.1) is 31.9 Å². The van der Waals surface area contributed by atoms with Crippen LogP contribution in [0.5, 0.6) is 11.5 Å². The summed E-state index contributed by atoms with van der Waals surface area (Å²) in [6.07, 6.45) is 4.43. The number of para-hydroxylation sites is 1. The largest absolute Gasteiger partial charge is 0.490 e. The Morgan fingerprint density at radius 3 is 2.72 bits per heavy atom. The zero-order valence-electron chi connectivity index (χ0n) is 18.1. The maximum absolute atomic E-state index is 13.4. The molecule has 1 saturated heterocycles. The second-order valence-electron chi connectivity index (χ2n) is 8.18. The van der Waals surface area contributed by atoms with E-state index in [0.29, 0.717) is 25.3 Å². The maximum atomic E-state index is 13.4. The number of carbonyl (C=O) groups is 2. The molecule has 0 N–H and O–H groups in total. The lowest BCUT2D eigenvalue weighted by molar-refractivity contribution is -0.132. The quantitative estimate of drug-likeness (QED) is 0.582. The van der Waals surface area contributed by atoms with Crippen LogP contribution in [-0.4, -0.2) is 48.2 Å². The lowest BCUT2D eigenvalue weighted by atomic mass is 10.0. The molecule has 1 amide bonds. The van der Waals surface area contributed by atoms with Gasteiger partial charge in [0.25, 0.3) is 0 Å². The average molecular weight is 434 g/mol. The molecule has 0 bridgehead atoms. The van der Waals surface area contributed by atoms with Crippen LogP contribution in [0.25, 0.3) is 10.9 Å². The Morgan fingerprint density at radius 2 is 1.88 bits per heavy atom. The van der Waals surface area contributed by atoms with Gasteiger partial charge in [0.15, 0.2) is 11.5 Å². The lowest BCUT2D eigenvalue weighted by Gasteiger charge is -2.26. The van der Waals surface area contributed by atoms with E-state index in [2.05, 4.69) is 0 Å². The molecular weight excluding hydrogens is 408 g/mol. The van der Waals surface area contributed by atoms with Crippen LogP contribution in [0.3, 0.4) is 0 Å².